The minimum atomic E-state index is 0.450. The number of hydrogen-bond donors (Lipinski definition) is 1. The number of hydrogen-bond acceptors (Lipinski definition) is 9. The number of benzene rings is 1. The van der Waals surface area contributed by atoms with E-state index in [9.17, 15) is 0 Å². The molecule has 0 atom stereocenters. The van der Waals surface area contributed by atoms with Crippen molar-refractivity contribution in [3.05, 3.63) is 64.6 Å². The van der Waals surface area contributed by atoms with E-state index < -0.39 is 0 Å². The lowest BCUT2D eigenvalue weighted by molar-refractivity contribution is 0.146. The van der Waals surface area contributed by atoms with Crippen molar-refractivity contribution >= 4 is 28.1 Å². The second kappa shape index (κ2) is 11.1. The molecule has 1 aromatic carbocycles. The molecular weight excluding hydrogens is 460 g/mol. The number of methoxy groups -OCH3 is 1. The Morgan fingerprint density at radius 1 is 1.00 bits per heavy atom. The minimum absolute atomic E-state index is 0.450. The number of halogens is 1. The van der Waals surface area contributed by atoms with Crippen LogP contribution in [0.1, 0.15) is 17.0 Å². The summed E-state index contributed by atoms with van der Waals surface area (Å²) in [6.07, 6.45) is 9.26. The van der Waals surface area contributed by atoms with Gasteiger partial charge in [0.15, 0.2) is 11.0 Å². The van der Waals surface area contributed by atoms with Crippen molar-refractivity contribution in [2.24, 2.45) is 0 Å². The van der Waals surface area contributed by atoms with Gasteiger partial charge in [-0.05, 0) is 43.5 Å². The summed E-state index contributed by atoms with van der Waals surface area (Å²) in [5.74, 6) is 1.18. The predicted octanol–water partition coefficient (Wildman–Crippen LogP) is 4.49. The van der Waals surface area contributed by atoms with E-state index in [1.54, 1.807) is 31.8 Å². The van der Waals surface area contributed by atoms with Crippen LogP contribution in [-0.2, 0) is 17.6 Å². The van der Waals surface area contributed by atoms with Crippen LogP contribution in [-0.4, -0.2) is 45.2 Å². The fourth-order valence-corrected chi connectivity index (χ4v) is 4.20. The summed E-state index contributed by atoms with van der Waals surface area (Å²) in [6.45, 7) is 0.955. The molecule has 0 spiro atoms. The lowest BCUT2D eigenvalue weighted by Crippen LogP contribution is -2.04. The molecule has 0 aliphatic heterocycles. The number of ether oxygens (including phenoxy) is 2. The van der Waals surface area contributed by atoms with E-state index in [0.29, 0.717) is 40.6 Å². The van der Waals surface area contributed by atoms with Crippen LogP contribution in [0.3, 0.4) is 0 Å². The molecule has 0 unspecified atom stereocenters. The first-order chi connectivity index (χ1) is 16.1. The molecule has 3 aromatic heterocycles. The van der Waals surface area contributed by atoms with Gasteiger partial charge in [-0.3, -0.25) is 4.98 Å². The van der Waals surface area contributed by atoms with Gasteiger partial charge < -0.3 is 15.2 Å². The van der Waals surface area contributed by atoms with E-state index in [4.69, 9.17) is 36.8 Å². The fourth-order valence-electron chi connectivity index (χ4n) is 3.21. The van der Waals surface area contributed by atoms with Gasteiger partial charge in [0.1, 0.15) is 18.1 Å². The number of nitrogens with two attached hydrogens (primary N) is 1. The average Bonchev–Trinajstić information content (AvgIpc) is 3.24. The summed E-state index contributed by atoms with van der Waals surface area (Å²) in [6, 6.07) is 7.52. The molecule has 10 heteroatoms. The molecule has 2 N–H and O–H groups in total. The molecule has 170 valence electrons. The van der Waals surface area contributed by atoms with Gasteiger partial charge in [0.25, 0.3) is 0 Å². The van der Waals surface area contributed by atoms with Gasteiger partial charge in [0.2, 0.25) is 0 Å². The number of aromatic nitrogens is 5. The molecule has 0 aliphatic carbocycles. The summed E-state index contributed by atoms with van der Waals surface area (Å²) < 4.78 is 10.7. The lowest BCUT2D eigenvalue weighted by atomic mass is 10.1. The highest BCUT2D eigenvalue weighted by atomic mass is 35.5. The van der Waals surface area contributed by atoms with Crippen LogP contribution in [0.2, 0.25) is 5.02 Å². The van der Waals surface area contributed by atoms with Crippen molar-refractivity contribution in [3.63, 3.8) is 0 Å². The number of anilines is 1. The fraction of sp³-hybridized carbons (Fsp3) is 0.261. The Balaban J connectivity index is 1.60. The predicted molar refractivity (Wildman–Crippen MR) is 129 cm³/mol. The molecule has 33 heavy (non-hydrogen) atoms. The maximum atomic E-state index is 6.60. The summed E-state index contributed by atoms with van der Waals surface area (Å²) in [5.41, 5.74) is 8.75. The van der Waals surface area contributed by atoms with Crippen LogP contribution in [0.5, 0.6) is 5.75 Å². The molecule has 0 fully saturated rings. The van der Waals surface area contributed by atoms with Gasteiger partial charge in [-0.2, -0.15) is 0 Å². The highest BCUT2D eigenvalue weighted by Gasteiger charge is 2.13. The normalized spacial score (nSPS) is 11.0. The Morgan fingerprint density at radius 2 is 1.91 bits per heavy atom. The van der Waals surface area contributed by atoms with E-state index in [1.807, 2.05) is 24.4 Å². The van der Waals surface area contributed by atoms with Crippen molar-refractivity contribution in [1.29, 1.82) is 0 Å². The Morgan fingerprint density at radius 3 is 2.64 bits per heavy atom. The molecule has 0 amide bonds. The summed E-state index contributed by atoms with van der Waals surface area (Å²) >= 11 is 8.11. The van der Waals surface area contributed by atoms with Gasteiger partial charge in [0, 0.05) is 41.8 Å². The number of aryl methyl sites for hydroxylation is 2. The van der Waals surface area contributed by atoms with Gasteiger partial charge in [-0.15, -0.1) is 11.3 Å². The third-order valence-electron chi connectivity index (χ3n) is 4.77. The Bertz CT molecular complexity index is 1200. The Labute approximate surface area is 200 Å². The standard InChI is InChI=1S/C23H23ClN6O2S/c1-31-9-10-32-16-5-6-18(19(24)12-16)20-11-15(3-2-4-17-13-28-23(25)33-17)29-22(30-20)21-14-26-7-8-27-21/h5-8,11-14H,2-4,9-10H2,1H3,(H2,25,28). The van der Waals surface area contributed by atoms with Gasteiger partial charge in [-0.1, -0.05) is 11.6 Å². The minimum Gasteiger partial charge on any atom is -0.491 e. The maximum Gasteiger partial charge on any atom is 0.180 e. The van der Waals surface area contributed by atoms with Crippen LogP contribution in [0.25, 0.3) is 22.8 Å². The van der Waals surface area contributed by atoms with Crippen LogP contribution in [0.4, 0.5) is 5.13 Å². The molecule has 4 rings (SSSR count). The summed E-state index contributed by atoms with van der Waals surface area (Å²) in [4.78, 5) is 23.2. The first-order valence-corrected chi connectivity index (χ1v) is 11.6. The second-order valence-corrected chi connectivity index (χ2v) is 8.71. The largest absolute Gasteiger partial charge is 0.491 e. The van der Waals surface area contributed by atoms with Crippen molar-refractivity contribution in [3.8, 4) is 28.5 Å². The highest BCUT2D eigenvalue weighted by Crippen LogP contribution is 2.31. The van der Waals surface area contributed by atoms with E-state index in [1.165, 1.54) is 11.3 Å². The van der Waals surface area contributed by atoms with Crippen LogP contribution in [0, 0.1) is 0 Å². The van der Waals surface area contributed by atoms with Crippen molar-refractivity contribution in [2.45, 2.75) is 19.3 Å². The summed E-state index contributed by atoms with van der Waals surface area (Å²) in [7, 11) is 1.63. The zero-order valence-electron chi connectivity index (χ0n) is 18.1. The van der Waals surface area contributed by atoms with E-state index in [0.717, 1.165) is 41.1 Å². The van der Waals surface area contributed by atoms with Gasteiger partial charge in [-0.25, -0.2) is 19.9 Å². The quantitative estimate of drug-likeness (QED) is 0.329. The lowest BCUT2D eigenvalue weighted by Gasteiger charge is -2.11. The molecule has 0 aliphatic rings. The SMILES string of the molecule is COCCOc1ccc(-c2cc(CCCc3cnc(N)s3)nc(-c3cnccn3)n2)c(Cl)c1. The number of nitrogens with zero attached hydrogens (tertiary/aromatic N) is 5. The number of nitrogen functional groups attached to an aromatic ring is 1. The van der Waals surface area contributed by atoms with Gasteiger partial charge in [0.05, 0.1) is 23.5 Å². The molecule has 0 radical (unpaired) electrons. The first kappa shape index (κ1) is 23.0. The van der Waals surface area contributed by atoms with E-state index in [2.05, 4.69) is 15.0 Å². The molecule has 0 bridgehead atoms. The van der Waals surface area contributed by atoms with E-state index in [-0.39, 0.29) is 0 Å². The number of rotatable bonds is 10. The zero-order valence-corrected chi connectivity index (χ0v) is 19.6. The molecular formula is C23H23ClN6O2S. The van der Waals surface area contributed by atoms with Gasteiger partial charge >= 0.3 is 0 Å². The molecule has 0 saturated heterocycles. The topological polar surface area (TPSA) is 109 Å². The van der Waals surface area contributed by atoms with Crippen LogP contribution >= 0.6 is 22.9 Å². The average molecular weight is 483 g/mol. The Hall–Kier alpha value is -3.14. The summed E-state index contributed by atoms with van der Waals surface area (Å²) in [5, 5.41) is 1.13. The van der Waals surface area contributed by atoms with Crippen LogP contribution in [0.15, 0.2) is 49.1 Å². The molecule has 0 saturated carbocycles. The van der Waals surface area contributed by atoms with Crippen molar-refractivity contribution in [1.82, 2.24) is 24.9 Å². The number of thiazole rings is 1. The second-order valence-electron chi connectivity index (χ2n) is 7.16. The monoisotopic (exact) mass is 482 g/mol. The zero-order chi connectivity index (χ0) is 23.0. The molecule has 4 aromatic rings. The highest BCUT2D eigenvalue weighted by molar-refractivity contribution is 7.15. The third-order valence-corrected chi connectivity index (χ3v) is 5.97. The molecule has 3 heterocycles. The van der Waals surface area contributed by atoms with Crippen molar-refractivity contribution < 1.29 is 9.47 Å². The third kappa shape index (κ3) is 6.22. The first-order valence-electron chi connectivity index (χ1n) is 10.4. The smallest absolute Gasteiger partial charge is 0.180 e. The van der Waals surface area contributed by atoms with Crippen LogP contribution < -0.4 is 10.5 Å². The maximum absolute atomic E-state index is 6.60. The Kier molecular flexibility index (Phi) is 7.77. The molecule has 8 nitrogen and oxygen atoms in total. The van der Waals surface area contributed by atoms with Crippen molar-refractivity contribution in [2.75, 3.05) is 26.1 Å². The van der Waals surface area contributed by atoms with E-state index >= 15 is 0 Å².